The second-order valence-corrected chi connectivity index (χ2v) is 6.17. The molecule has 0 unspecified atom stereocenters. The normalized spacial score (nSPS) is 11.5. The van der Waals surface area contributed by atoms with Gasteiger partial charge in [-0.3, -0.25) is 0 Å². The summed E-state index contributed by atoms with van der Waals surface area (Å²) in [5.74, 6) is 0. The van der Waals surface area contributed by atoms with Gasteiger partial charge in [0.1, 0.15) is 0 Å². The van der Waals surface area contributed by atoms with E-state index >= 15 is 0 Å². The van der Waals surface area contributed by atoms with Crippen molar-refractivity contribution in [2.75, 3.05) is 13.2 Å². The van der Waals surface area contributed by atoms with Gasteiger partial charge >= 0.3 is 112 Å². The molecule has 1 aromatic heterocycles. The van der Waals surface area contributed by atoms with Gasteiger partial charge in [0.25, 0.3) is 0 Å². The van der Waals surface area contributed by atoms with Gasteiger partial charge in [-0.05, 0) is 0 Å². The Kier molecular flexibility index (Phi) is 4.66. The molecule has 0 radical (unpaired) electrons. The number of hydrogen-bond donors (Lipinski definition) is 0. The first-order valence-electron chi connectivity index (χ1n) is 5.68. The topological polar surface area (TPSA) is 18.5 Å². The van der Waals surface area contributed by atoms with E-state index in [1.165, 1.54) is 4.26 Å². The van der Waals surface area contributed by atoms with Crippen LogP contribution in [0.1, 0.15) is 24.6 Å². The van der Waals surface area contributed by atoms with Gasteiger partial charge in [0.2, 0.25) is 0 Å². The molecule has 0 aliphatic carbocycles. The monoisotopic (exact) mass is 318 g/mol. The Hall–Kier alpha value is -0.311. The van der Waals surface area contributed by atoms with E-state index in [1.807, 2.05) is 26.0 Å². The van der Waals surface area contributed by atoms with Crippen LogP contribution < -0.4 is 0 Å². The van der Waals surface area contributed by atoms with Crippen LogP contribution in [0.5, 0.6) is 0 Å². The summed E-state index contributed by atoms with van der Waals surface area (Å²) in [7, 11) is 0. The van der Waals surface area contributed by atoms with Crippen molar-refractivity contribution in [3.05, 3.63) is 33.7 Å². The average Bonchev–Trinajstić information content (AvgIpc) is 2.67. The Morgan fingerprint density at radius 3 is 2.41 bits per heavy atom. The van der Waals surface area contributed by atoms with Crippen LogP contribution in [0.15, 0.2) is 24.3 Å². The molecular formula is C13H15ClO2Se. The fourth-order valence-corrected chi connectivity index (χ4v) is 4.57. The molecule has 2 aromatic rings. The molecule has 0 amide bonds. The van der Waals surface area contributed by atoms with Crippen molar-refractivity contribution in [1.82, 2.24) is 0 Å². The van der Waals surface area contributed by atoms with E-state index in [2.05, 4.69) is 12.1 Å². The van der Waals surface area contributed by atoms with Crippen molar-refractivity contribution < 1.29 is 9.47 Å². The molecule has 1 heterocycles. The number of rotatable bonds is 5. The quantitative estimate of drug-likeness (QED) is 0.619. The van der Waals surface area contributed by atoms with Gasteiger partial charge in [-0.2, -0.15) is 0 Å². The molecule has 0 fully saturated rings. The van der Waals surface area contributed by atoms with Crippen LogP contribution in [-0.2, 0) is 9.47 Å². The Morgan fingerprint density at radius 2 is 1.82 bits per heavy atom. The van der Waals surface area contributed by atoms with Gasteiger partial charge in [0, 0.05) is 0 Å². The molecule has 2 nitrogen and oxygen atoms in total. The zero-order valence-corrected chi connectivity index (χ0v) is 12.4. The van der Waals surface area contributed by atoms with Crippen molar-refractivity contribution in [1.29, 1.82) is 0 Å². The summed E-state index contributed by atoms with van der Waals surface area (Å²) in [5, 5.41) is 1.95. The molecule has 1 aromatic carbocycles. The van der Waals surface area contributed by atoms with Gasteiger partial charge in [-0.1, -0.05) is 0 Å². The molecule has 0 bridgehead atoms. The zero-order chi connectivity index (χ0) is 12.3. The van der Waals surface area contributed by atoms with Crippen LogP contribution in [0.25, 0.3) is 9.65 Å². The van der Waals surface area contributed by atoms with Crippen LogP contribution in [-0.4, -0.2) is 27.7 Å². The molecule has 92 valence electrons. The summed E-state index contributed by atoms with van der Waals surface area (Å²) < 4.78 is 13.6. The first kappa shape index (κ1) is 13.1. The number of ether oxygens (including phenoxy) is 2. The molecule has 2 rings (SSSR count). The molecule has 0 aliphatic rings. The number of halogens is 1. The van der Waals surface area contributed by atoms with E-state index in [4.69, 9.17) is 21.1 Å². The third kappa shape index (κ3) is 2.75. The second-order valence-electron chi connectivity index (χ2n) is 3.52. The van der Waals surface area contributed by atoms with Crippen molar-refractivity contribution >= 4 is 35.8 Å². The fraction of sp³-hybridized carbons (Fsp3) is 0.385. The van der Waals surface area contributed by atoms with E-state index < -0.39 is 0 Å². The van der Waals surface area contributed by atoms with Crippen molar-refractivity contribution in [2.24, 2.45) is 0 Å². The van der Waals surface area contributed by atoms with Crippen LogP contribution >= 0.6 is 11.6 Å². The predicted octanol–water partition coefficient (Wildman–Crippen LogP) is 3.62. The Morgan fingerprint density at radius 1 is 1.18 bits per heavy atom. The zero-order valence-electron chi connectivity index (χ0n) is 9.90. The number of benzene rings is 1. The molecule has 4 heteroatoms. The van der Waals surface area contributed by atoms with Crippen molar-refractivity contribution in [3.63, 3.8) is 0 Å². The van der Waals surface area contributed by atoms with Crippen LogP contribution in [0.2, 0.25) is 5.02 Å². The summed E-state index contributed by atoms with van der Waals surface area (Å²) in [6.07, 6.45) is -0.287. The summed E-state index contributed by atoms with van der Waals surface area (Å²) in [5.41, 5.74) is 0. The molecule has 0 aliphatic heterocycles. The summed E-state index contributed by atoms with van der Waals surface area (Å²) in [6, 6.07) is 8.24. The molecular weight excluding hydrogens is 303 g/mol. The van der Waals surface area contributed by atoms with Crippen LogP contribution in [0.4, 0.5) is 0 Å². The van der Waals surface area contributed by atoms with Gasteiger partial charge in [0.15, 0.2) is 0 Å². The van der Waals surface area contributed by atoms with Gasteiger partial charge in [-0.15, -0.1) is 0 Å². The van der Waals surface area contributed by atoms with Crippen molar-refractivity contribution in [2.45, 2.75) is 20.1 Å². The van der Waals surface area contributed by atoms with Gasteiger partial charge in [-0.25, -0.2) is 0 Å². The molecule has 0 saturated heterocycles. The first-order valence-corrected chi connectivity index (χ1v) is 7.77. The Bertz CT molecular complexity index is 489. The minimum atomic E-state index is -0.287. The third-order valence-electron chi connectivity index (χ3n) is 2.41. The van der Waals surface area contributed by atoms with E-state index in [0.717, 1.165) is 14.8 Å². The minimum absolute atomic E-state index is 0.211. The van der Waals surface area contributed by atoms with E-state index in [9.17, 15) is 0 Å². The third-order valence-corrected chi connectivity index (χ3v) is 5.57. The van der Waals surface area contributed by atoms with Crippen LogP contribution in [0.3, 0.4) is 0 Å². The van der Waals surface area contributed by atoms with E-state index in [1.54, 1.807) is 0 Å². The molecule has 0 spiro atoms. The van der Waals surface area contributed by atoms with E-state index in [0.29, 0.717) is 13.2 Å². The summed E-state index contributed by atoms with van der Waals surface area (Å²) in [6.45, 7) is 5.20. The number of fused-ring (bicyclic) bond motifs is 1. The molecule has 0 atom stereocenters. The predicted molar refractivity (Wildman–Crippen MR) is 71.9 cm³/mol. The van der Waals surface area contributed by atoms with Crippen molar-refractivity contribution in [3.8, 4) is 0 Å². The maximum atomic E-state index is 6.41. The van der Waals surface area contributed by atoms with E-state index in [-0.39, 0.29) is 20.8 Å². The van der Waals surface area contributed by atoms with Gasteiger partial charge < -0.3 is 0 Å². The fourth-order valence-electron chi connectivity index (χ4n) is 1.69. The standard InChI is InChI=1S/C13H15ClO2Se/c1-3-15-13(16-4-2)12-11(14)9-7-5-6-8-10(9)17-12/h5-8,13H,3-4H2,1-2H3. The Labute approximate surface area is 112 Å². The molecule has 17 heavy (non-hydrogen) atoms. The molecule has 0 saturated carbocycles. The summed E-state index contributed by atoms with van der Waals surface area (Å²) in [4.78, 5) is 0. The SMILES string of the molecule is CCOC(OCC)c1[se]c2ccccc2c1Cl. The number of hydrogen-bond acceptors (Lipinski definition) is 2. The summed E-state index contributed by atoms with van der Waals surface area (Å²) >= 11 is 6.62. The average molecular weight is 318 g/mol. The maximum absolute atomic E-state index is 6.41. The van der Waals surface area contributed by atoms with Crippen LogP contribution in [0, 0.1) is 0 Å². The Balaban J connectivity index is 2.42. The van der Waals surface area contributed by atoms with Gasteiger partial charge in [0.05, 0.1) is 0 Å². The molecule has 0 N–H and O–H groups in total. The second kappa shape index (κ2) is 6.03. The first-order chi connectivity index (χ1) is 8.27.